The third-order valence-corrected chi connectivity index (χ3v) is 3.79. The third-order valence-electron chi connectivity index (χ3n) is 3.79. The summed E-state index contributed by atoms with van der Waals surface area (Å²) in [7, 11) is 0. The van der Waals surface area contributed by atoms with Crippen LogP contribution in [0.1, 0.15) is 43.7 Å². The monoisotopic (exact) mass is 222 g/mol. The Labute approximate surface area is 96.3 Å². The molecule has 88 valence electrons. The number of hydrogen-bond acceptors (Lipinski definition) is 1. The molecule has 1 nitrogen and oxygen atoms in total. The van der Waals surface area contributed by atoms with Gasteiger partial charge in [-0.3, -0.25) is 0 Å². The molecular weight excluding hydrogens is 203 g/mol. The van der Waals surface area contributed by atoms with Crippen LogP contribution in [0.2, 0.25) is 0 Å². The third kappa shape index (κ3) is 1.99. The van der Waals surface area contributed by atoms with E-state index in [1.54, 1.807) is 12.1 Å². The molecular formula is C14H19FO. The topological polar surface area (TPSA) is 20.2 Å². The number of benzene rings is 1. The van der Waals surface area contributed by atoms with Crippen LogP contribution in [0.3, 0.4) is 0 Å². The van der Waals surface area contributed by atoms with Crippen molar-refractivity contribution >= 4 is 0 Å². The van der Waals surface area contributed by atoms with E-state index in [-0.39, 0.29) is 5.82 Å². The predicted octanol–water partition coefficient (Wildman–Crippen LogP) is 3.53. The van der Waals surface area contributed by atoms with Crippen LogP contribution in [0.25, 0.3) is 0 Å². The van der Waals surface area contributed by atoms with Crippen LogP contribution in [0.4, 0.5) is 4.39 Å². The molecule has 1 aromatic rings. The van der Waals surface area contributed by atoms with E-state index in [9.17, 15) is 9.50 Å². The molecule has 0 amide bonds. The van der Waals surface area contributed by atoms with Gasteiger partial charge in [-0.1, -0.05) is 31.0 Å². The molecule has 1 aliphatic carbocycles. The van der Waals surface area contributed by atoms with Gasteiger partial charge in [0, 0.05) is 5.56 Å². The number of hydrogen-bond donors (Lipinski definition) is 1. The summed E-state index contributed by atoms with van der Waals surface area (Å²) in [4.78, 5) is 0. The average Bonchev–Trinajstić information content (AvgIpc) is 2.65. The SMILES string of the molecule is CCC1CCC(O)(c2cc(C)ccc2F)C1. The van der Waals surface area contributed by atoms with E-state index in [0.717, 1.165) is 18.4 Å². The van der Waals surface area contributed by atoms with E-state index in [1.807, 2.05) is 6.92 Å². The van der Waals surface area contributed by atoms with E-state index in [1.165, 1.54) is 6.07 Å². The Balaban J connectivity index is 2.33. The van der Waals surface area contributed by atoms with Gasteiger partial charge < -0.3 is 5.11 Å². The molecule has 2 unspecified atom stereocenters. The molecule has 1 aliphatic rings. The smallest absolute Gasteiger partial charge is 0.129 e. The van der Waals surface area contributed by atoms with E-state index in [0.29, 0.717) is 24.3 Å². The first-order valence-electron chi connectivity index (χ1n) is 6.04. The fourth-order valence-electron chi connectivity index (χ4n) is 2.71. The highest BCUT2D eigenvalue weighted by Crippen LogP contribution is 2.44. The number of aryl methyl sites for hydroxylation is 1. The zero-order valence-corrected chi connectivity index (χ0v) is 9.96. The Morgan fingerprint density at radius 2 is 2.25 bits per heavy atom. The van der Waals surface area contributed by atoms with E-state index in [4.69, 9.17) is 0 Å². The van der Waals surface area contributed by atoms with Gasteiger partial charge in [0.25, 0.3) is 0 Å². The second-order valence-electron chi connectivity index (χ2n) is 5.03. The van der Waals surface area contributed by atoms with Gasteiger partial charge in [0.2, 0.25) is 0 Å². The van der Waals surface area contributed by atoms with Crippen LogP contribution < -0.4 is 0 Å². The zero-order valence-electron chi connectivity index (χ0n) is 9.96. The van der Waals surface area contributed by atoms with Crippen molar-refractivity contribution in [2.24, 2.45) is 5.92 Å². The van der Waals surface area contributed by atoms with Crippen LogP contribution in [0.15, 0.2) is 18.2 Å². The predicted molar refractivity (Wildman–Crippen MR) is 62.7 cm³/mol. The van der Waals surface area contributed by atoms with E-state index < -0.39 is 5.60 Å². The zero-order chi connectivity index (χ0) is 11.8. The van der Waals surface area contributed by atoms with Gasteiger partial charge in [0.15, 0.2) is 0 Å². The normalized spacial score (nSPS) is 29.6. The van der Waals surface area contributed by atoms with Crippen molar-refractivity contribution in [3.8, 4) is 0 Å². The Bertz CT molecular complexity index is 388. The van der Waals surface area contributed by atoms with Crippen molar-refractivity contribution in [3.05, 3.63) is 35.1 Å². The molecule has 1 fully saturated rings. The lowest BCUT2D eigenvalue weighted by molar-refractivity contribution is 0.0361. The first-order valence-corrected chi connectivity index (χ1v) is 6.04. The summed E-state index contributed by atoms with van der Waals surface area (Å²) in [6, 6.07) is 4.99. The largest absolute Gasteiger partial charge is 0.385 e. The summed E-state index contributed by atoms with van der Waals surface area (Å²) in [6.07, 6.45) is 3.45. The molecule has 0 radical (unpaired) electrons. The Morgan fingerprint density at radius 1 is 1.50 bits per heavy atom. The molecule has 1 N–H and O–H groups in total. The van der Waals surface area contributed by atoms with Crippen molar-refractivity contribution in [2.45, 2.75) is 45.1 Å². The van der Waals surface area contributed by atoms with Gasteiger partial charge in [-0.2, -0.15) is 0 Å². The summed E-state index contributed by atoms with van der Waals surface area (Å²) in [5, 5.41) is 10.5. The molecule has 0 aliphatic heterocycles. The number of rotatable bonds is 2. The first kappa shape index (κ1) is 11.6. The molecule has 0 bridgehead atoms. The van der Waals surface area contributed by atoms with Crippen LogP contribution in [-0.4, -0.2) is 5.11 Å². The maximum absolute atomic E-state index is 13.7. The van der Waals surface area contributed by atoms with Crippen LogP contribution >= 0.6 is 0 Å². The molecule has 16 heavy (non-hydrogen) atoms. The van der Waals surface area contributed by atoms with E-state index in [2.05, 4.69) is 6.92 Å². The fourth-order valence-corrected chi connectivity index (χ4v) is 2.71. The fraction of sp³-hybridized carbons (Fsp3) is 0.571. The van der Waals surface area contributed by atoms with Gasteiger partial charge in [-0.15, -0.1) is 0 Å². The molecule has 1 aromatic carbocycles. The molecule has 0 spiro atoms. The minimum atomic E-state index is -0.934. The summed E-state index contributed by atoms with van der Waals surface area (Å²) < 4.78 is 13.7. The Kier molecular flexibility index (Phi) is 3.02. The van der Waals surface area contributed by atoms with Crippen LogP contribution in [-0.2, 0) is 5.60 Å². The lowest BCUT2D eigenvalue weighted by Crippen LogP contribution is -2.23. The maximum atomic E-state index is 13.7. The van der Waals surface area contributed by atoms with Crippen molar-refractivity contribution < 1.29 is 9.50 Å². The summed E-state index contributed by atoms with van der Waals surface area (Å²) in [5.74, 6) is 0.259. The minimum absolute atomic E-state index is 0.273. The standard InChI is InChI=1S/C14H19FO/c1-3-11-6-7-14(16,9-11)12-8-10(2)4-5-13(12)15/h4-5,8,11,16H,3,6-7,9H2,1-2H3. The Hall–Kier alpha value is -0.890. The lowest BCUT2D eigenvalue weighted by atomic mass is 9.89. The van der Waals surface area contributed by atoms with Gasteiger partial charge in [0.05, 0.1) is 5.60 Å². The summed E-state index contributed by atoms with van der Waals surface area (Å²) >= 11 is 0. The maximum Gasteiger partial charge on any atom is 0.129 e. The molecule has 2 rings (SSSR count). The van der Waals surface area contributed by atoms with Crippen molar-refractivity contribution in [3.63, 3.8) is 0 Å². The first-order chi connectivity index (χ1) is 7.55. The van der Waals surface area contributed by atoms with Crippen molar-refractivity contribution in [2.75, 3.05) is 0 Å². The minimum Gasteiger partial charge on any atom is -0.385 e. The number of halogens is 1. The molecule has 1 saturated carbocycles. The van der Waals surface area contributed by atoms with Gasteiger partial charge >= 0.3 is 0 Å². The second kappa shape index (κ2) is 4.17. The Morgan fingerprint density at radius 3 is 2.88 bits per heavy atom. The van der Waals surface area contributed by atoms with Gasteiger partial charge in [-0.05, 0) is 38.2 Å². The highest BCUT2D eigenvalue weighted by molar-refractivity contribution is 5.30. The molecule has 0 saturated heterocycles. The molecule has 0 heterocycles. The average molecular weight is 222 g/mol. The second-order valence-corrected chi connectivity index (χ2v) is 5.03. The molecule has 2 heteroatoms. The van der Waals surface area contributed by atoms with Crippen molar-refractivity contribution in [1.29, 1.82) is 0 Å². The highest BCUT2D eigenvalue weighted by Gasteiger charge is 2.39. The van der Waals surface area contributed by atoms with Gasteiger partial charge in [-0.25, -0.2) is 4.39 Å². The number of aliphatic hydroxyl groups is 1. The highest BCUT2D eigenvalue weighted by atomic mass is 19.1. The summed E-state index contributed by atoms with van der Waals surface area (Å²) in [5.41, 5.74) is 0.560. The lowest BCUT2D eigenvalue weighted by Gasteiger charge is -2.24. The summed E-state index contributed by atoms with van der Waals surface area (Å²) in [6.45, 7) is 4.06. The van der Waals surface area contributed by atoms with Crippen molar-refractivity contribution in [1.82, 2.24) is 0 Å². The molecule has 2 atom stereocenters. The molecule has 0 aromatic heterocycles. The van der Waals surface area contributed by atoms with Gasteiger partial charge in [0.1, 0.15) is 5.82 Å². The quantitative estimate of drug-likeness (QED) is 0.811. The van der Waals surface area contributed by atoms with Crippen LogP contribution in [0, 0.1) is 18.7 Å². The van der Waals surface area contributed by atoms with Crippen LogP contribution in [0.5, 0.6) is 0 Å². The van der Waals surface area contributed by atoms with E-state index >= 15 is 0 Å².